The molecular weight excluding hydrogens is 124 g/mol. The summed E-state index contributed by atoms with van der Waals surface area (Å²) in [7, 11) is 0. The maximum absolute atomic E-state index is 9.99. The van der Waals surface area contributed by atoms with Crippen molar-refractivity contribution in [3.63, 3.8) is 0 Å². The maximum Gasteiger partial charge on any atom is 0.437 e. The number of hydrogen-bond acceptors (Lipinski definition) is 4. The van der Waals surface area contributed by atoms with Gasteiger partial charge in [-0.2, -0.15) is 9.79 Å². The first-order valence-corrected chi connectivity index (χ1v) is 2.17. The van der Waals surface area contributed by atoms with Gasteiger partial charge in [0, 0.05) is 0 Å². The fourth-order valence-corrected chi connectivity index (χ4v) is 0.232. The molecule has 0 saturated carbocycles. The molecule has 0 aromatic carbocycles. The molecule has 0 aliphatic carbocycles. The number of hydroxylamine groups is 1. The molecule has 0 aliphatic rings. The first kappa shape index (κ1) is 7.56. The molecule has 0 aromatic rings. The van der Waals surface area contributed by atoms with Crippen molar-refractivity contribution in [1.82, 2.24) is 0 Å². The smallest absolute Gasteiger partial charge is 0.437 e. The predicted octanol–water partition coefficient (Wildman–Crippen LogP) is -0.832. The Balaban J connectivity index is 3.51. The van der Waals surface area contributed by atoms with Gasteiger partial charge < -0.3 is 5.21 Å². The SMILES string of the molecule is O=C=NCC[N+]([O-])=C=O. The maximum atomic E-state index is 9.99. The zero-order chi connectivity index (χ0) is 7.11. The molecule has 0 unspecified atom stereocenters. The quantitative estimate of drug-likeness (QED) is 0.164. The van der Waals surface area contributed by atoms with E-state index >= 15 is 0 Å². The highest BCUT2D eigenvalue weighted by atomic mass is 16.5. The Kier molecular flexibility index (Phi) is 3.96. The molecule has 0 heterocycles. The Morgan fingerprint density at radius 2 is 2.22 bits per heavy atom. The van der Waals surface area contributed by atoms with Crippen LogP contribution in [0.3, 0.4) is 0 Å². The normalized spacial score (nSPS) is 7.11. The number of carbonyl (C=O) groups excluding carboxylic acids is 2. The van der Waals surface area contributed by atoms with Gasteiger partial charge in [-0.1, -0.05) is 0 Å². The van der Waals surface area contributed by atoms with Crippen LogP contribution in [0.25, 0.3) is 0 Å². The van der Waals surface area contributed by atoms with E-state index in [1.165, 1.54) is 6.08 Å². The molecule has 0 rings (SSSR count). The largest absolute Gasteiger partial charge is 0.613 e. The highest BCUT2D eigenvalue weighted by molar-refractivity contribution is 5.32. The van der Waals surface area contributed by atoms with Gasteiger partial charge in [0.2, 0.25) is 6.08 Å². The molecule has 0 spiro atoms. The second kappa shape index (κ2) is 4.71. The van der Waals surface area contributed by atoms with Crippen molar-refractivity contribution >= 4 is 12.2 Å². The van der Waals surface area contributed by atoms with E-state index in [9.17, 15) is 14.8 Å². The van der Waals surface area contributed by atoms with Gasteiger partial charge in [0.1, 0.15) is 6.54 Å². The third kappa shape index (κ3) is 4.41. The first-order chi connectivity index (χ1) is 4.31. The van der Waals surface area contributed by atoms with Crippen molar-refractivity contribution in [1.29, 1.82) is 0 Å². The van der Waals surface area contributed by atoms with Gasteiger partial charge in [0.05, 0.1) is 0 Å². The van der Waals surface area contributed by atoms with Gasteiger partial charge in [-0.25, -0.2) is 4.79 Å². The number of aliphatic imine (C=N–C) groups is 1. The average molecular weight is 128 g/mol. The summed E-state index contributed by atoms with van der Waals surface area (Å²) in [6, 6.07) is 0. The van der Waals surface area contributed by atoms with Gasteiger partial charge >= 0.3 is 6.08 Å². The highest BCUT2D eigenvalue weighted by Gasteiger charge is 1.88. The first-order valence-electron chi connectivity index (χ1n) is 2.17. The summed E-state index contributed by atoms with van der Waals surface area (Å²) in [4.78, 5) is 21.8. The molecule has 0 radical (unpaired) electrons. The van der Waals surface area contributed by atoms with E-state index in [1.54, 1.807) is 0 Å². The van der Waals surface area contributed by atoms with Crippen molar-refractivity contribution < 1.29 is 14.3 Å². The molecule has 0 atom stereocenters. The zero-order valence-corrected chi connectivity index (χ0v) is 4.53. The van der Waals surface area contributed by atoms with Crippen molar-refractivity contribution in [2.75, 3.05) is 13.1 Å². The summed E-state index contributed by atoms with van der Waals surface area (Å²) < 4.78 is 0.0286. The number of nitrogens with zero attached hydrogens (tertiary/aromatic N) is 2. The van der Waals surface area contributed by atoms with Crippen molar-refractivity contribution in [3.05, 3.63) is 5.21 Å². The second-order valence-electron chi connectivity index (χ2n) is 1.17. The molecule has 0 aromatic heterocycles. The molecule has 0 fully saturated rings. The second-order valence-corrected chi connectivity index (χ2v) is 1.17. The summed E-state index contributed by atoms with van der Waals surface area (Å²) in [6.07, 6.45) is 2.29. The lowest BCUT2D eigenvalue weighted by atomic mass is 10.7. The Hall–Kier alpha value is -1.44. The summed E-state index contributed by atoms with van der Waals surface area (Å²) >= 11 is 0. The van der Waals surface area contributed by atoms with Gasteiger partial charge in [-0.05, 0) is 0 Å². The fraction of sp³-hybridized carbons (Fsp3) is 0.500. The van der Waals surface area contributed by atoms with Crippen LogP contribution >= 0.6 is 0 Å². The zero-order valence-electron chi connectivity index (χ0n) is 4.53. The Bertz CT molecular complexity index is 176. The van der Waals surface area contributed by atoms with Crippen molar-refractivity contribution in [2.45, 2.75) is 0 Å². The summed E-state index contributed by atoms with van der Waals surface area (Å²) in [5.41, 5.74) is 0. The molecule has 0 N–H and O–H groups in total. The molecular formula is C4H4N2O3. The minimum atomic E-state index is -0.140. The van der Waals surface area contributed by atoms with E-state index in [1.807, 2.05) is 0 Å². The standard InChI is InChI=1S/C4H4N2O3/c7-3-5-1-2-6(9)4-8/h1-2H2. The lowest BCUT2D eigenvalue weighted by Crippen LogP contribution is -2.06. The third-order valence-corrected chi connectivity index (χ3v) is 0.581. The average Bonchev–Trinajstić information content (AvgIpc) is 1.89. The lowest BCUT2D eigenvalue weighted by molar-refractivity contribution is -0.451. The Labute approximate surface area is 50.9 Å². The summed E-state index contributed by atoms with van der Waals surface area (Å²) in [5, 5.41) is 9.99. The van der Waals surface area contributed by atoms with Crippen molar-refractivity contribution in [2.24, 2.45) is 4.99 Å². The minimum absolute atomic E-state index is 0.0117. The van der Waals surface area contributed by atoms with Crippen molar-refractivity contribution in [3.8, 4) is 0 Å². The molecule has 0 aliphatic heterocycles. The van der Waals surface area contributed by atoms with E-state index < -0.39 is 0 Å². The molecule has 5 heteroatoms. The van der Waals surface area contributed by atoms with E-state index in [4.69, 9.17) is 0 Å². The Morgan fingerprint density at radius 3 is 2.67 bits per heavy atom. The van der Waals surface area contributed by atoms with Gasteiger partial charge in [-0.15, -0.1) is 4.74 Å². The van der Waals surface area contributed by atoms with E-state index in [-0.39, 0.29) is 17.8 Å². The third-order valence-electron chi connectivity index (χ3n) is 0.581. The van der Waals surface area contributed by atoms with Crippen LogP contribution in [0.5, 0.6) is 0 Å². The molecule has 0 amide bonds. The van der Waals surface area contributed by atoms with Gasteiger partial charge in [0.25, 0.3) is 0 Å². The number of rotatable bonds is 3. The number of isocyanates is 2. The van der Waals surface area contributed by atoms with Crippen LogP contribution in [-0.4, -0.2) is 30.0 Å². The summed E-state index contributed by atoms with van der Waals surface area (Å²) in [6.45, 7) is -0.152. The minimum Gasteiger partial charge on any atom is -0.613 e. The fourth-order valence-electron chi connectivity index (χ4n) is 0.232. The van der Waals surface area contributed by atoms with Crippen LogP contribution in [0.15, 0.2) is 4.99 Å². The topological polar surface area (TPSA) is 72.6 Å². The summed E-state index contributed by atoms with van der Waals surface area (Å²) in [5.74, 6) is 0. The number of hydrogen-bond donors (Lipinski definition) is 0. The van der Waals surface area contributed by atoms with Crippen LogP contribution in [0.2, 0.25) is 0 Å². The van der Waals surface area contributed by atoms with Gasteiger partial charge in [-0.3, -0.25) is 0 Å². The predicted molar refractivity (Wildman–Crippen MR) is 27.2 cm³/mol. The van der Waals surface area contributed by atoms with E-state index in [2.05, 4.69) is 4.99 Å². The van der Waals surface area contributed by atoms with Crippen LogP contribution < -0.4 is 0 Å². The lowest BCUT2D eigenvalue weighted by Gasteiger charge is -1.90. The molecule has 5 nitrogen and oxygen atoms in total. The van der Waals surface area contributed by atoms with E-state index in [0.29, 0.717) is 0 Å². The van der Waals surface area contributed by atoms with Crippen LogP contribution in [0.4, 0.5) is 0 Å². The molecule has 0 saturated heterocycles. The van der Waals surface area contributed by atoms with Crippen LogP contribution in [0.1, 0.15) is 0 Å². The van der Waals surface area contributed by atoms with Crippen LogP contribution in [-0.2, 0) is 9.59 Å². The highest BCUT2D eigenvalue weighted by Crippen LogP contribution is 1.68. The van der Waals surface area contributed by atoms with Gasteiger partial charge in [0.15, 0.2) is 6.54 Å². The molecule has 0 bridgehead atoms. The Morgan fingerprint density at radius 1 is 1.56 bits per heavy atom. The van der Waals surface area contributed by atoms with Crippen LogP contribution in [0, 0.1) is 5.21 Å². The molecule has 9 heavy (non-hydrogen) atoms. The van der Waals surface area contributed by atoms with E-state index in [0.717, 1.165) is 6.08 Å². The molecule has 48 valence electrons. The monoisotopic (exact) mass is 128 g/mol.